The smallest absolute Gasteiger partial charge is 0.0555 e. The summed E-state index contributed by atoms with van der Waals surface area (Å²) in [7, 11) is 0. The van der Waals surface area contributed by atoms with E-state index in [0.29, 0.717) is 0 Å². The van der Waals surface area contributed by atoms with Crippen LogP contribution in [0.4, 0.5) is 17.1 Å². The fourth-order valence-electron chi connectivity index (χ4n) is 9.96. The molecule has 0 fully saturated rings. The van der Waals surface area contributed by atoms with Gasteiger partial charge in [-0.25, -0.2) is 0 Å². The molecule has 52 heavy (non-hydrogen) atoms. The van der Waals surface area contributed by atoms with Crippen molar-refractivity contribution in [2.24, 2.45) is 0 Å². The van der Waals surface area contributed by atoms with E-state index >= 15 is 0 Å². The molecule has 2 heteroatoms. The zero-order valence-corrected chi connectivity index (χ0v) is 30.6. The van der Waals surface area contributed by atoms with Crippen LogP contribution in [0, 0.1) is 0 Å². The molecule has 0 atom stereocenters. The molecule has 8 aromatic carbocycles. The lowest BCUT2D eigenvalue weighted by Gasteiger charge is -2.33. The number of hydrogen-bond acceptors (Lipinski definition) is 2. The van der Waals surface area contributed by atoms with Crippen molar-refractivity contribution >= 4 is 70.1 Å². The zero-order chi connectivity index (χ0) is 34.9. The van der Waals surface area contributed by atoms with Gasteiger partial charge in [0, 0.05) is 42.1 Å². The molecule has 0 amide bonds. The SMILES string of the molecule is CC1(C)c2ccccc2-c2c(N(c3cc4ccccc4c4c3-c3ccccc3C4(C)C)c3cccc4sc5ccccc5c34)cc3ccccc3c21. The molecule has 0 saturated carbocycles. The molecular weight excluding hydrogens is 647 g/mol. The summed E-state index contributed by atoms with van der Waals surface area (Å²) in [5.41, 5.74) is 14.3. The van der Waals surface area contributed by atoms with E-state index in [2.05, 4.69) is 184 Å². The first-order valence-electron chi connectivity index (χ1n) is 18.4. The van der Waals surface area contributed by atoms with Crippen LogP contribution in [-0.2, 0) is 10.8 Å². The maximum Gasteiger partial charge on any atom is 0.0555 e. The fourth-order valence-corrected chi connectivity index (χ4v) is 11.1. The minimum Gasteiger partial charge on any atom is -0.309 e. The van der Waals surface area contributed by atoms with Crippen molar-refractivity contribution in [3.05, 3.63) is 174 Å². The Morgan fingerprint density at radius 1 is 0.423 bits per heavy atom. The molecular formula is C50H37NS. The summed E-state index contributed by atoms with van der Waals surface area (Å²) in [6, 6.07) is 57.1. The maximum absolute atomic E-state index is 2.66. The minimum absolute atomic E-state index is 0.172. The van der Waals surface area contributed by atoms with Gasteiger partial charge in [-0.1, -0.05) is 149 Å². The molecule has 2 aliphatic rings. The molecule has 0 radical (unpaired) electrons. The van der Waals surface area contributed by atoms with Crippen LogP contribution >= 0.6 is 11.3 Å². The summed E-state index contributed by atoms with van der Waals surface area (Å²) in [5.74, 6) is 0. The number of thiophene rings is 1. The Morgan fingerprint density at radius 2 is 0.885 bits per heavy atom. The van der Waals surface area contributed by atoms with Crippen LogP contribution in [0.2, 0.25) is 0 Å². The maximum atomic E-state index is 2.66. The molecule has 0 saturated heterocycles. The lowest BCUT2D eigenvalue weighted by molar-refractivity contribution is 0.666. The highest BCUT2D eigenvalue weighted by atomic mass is 32.1. The van der Waals surface area contributed by atoms with E-state index in [0.717, 1.165) is 0 Å². The number of benzene rings is 8. The third kappa shape index (κ3) is 3.83. The van der Waals surface area contributed by atoms with Crippen molar-refractivity contribution in [2.75, 3.05) is 4.90 Å². The van der Waals surface area contributed by atoms with Crippen LogP contribution in [0.15, 0.2) is 152 Å². The lowest BCUT2D eigenvalue weighted by atomic mass is 9.79. The van der Waals surface area contributed by atoms with E-state index in [1.54, 1.807) is 0 Å². The van der Waals surface area contributed by atoms with Gasteiger partial charge in [0.05, 0.1) is 17.1 Å². The van der Waals surface area contributed by atoms with Crippen molar-refractivity contribution < 1.29 is 0 Å². The molecule has 0 unspecified atom stereocenters. The van der Waals surface area contributed by atoms with Gasteiger partial charge in [0.2, 0.25) is 0 Å². The first-order chi connectivity index (χ1) is 25.3. The summed E-state index contributed by atoms with van der Waals surface area (Å²) >= 11 is 1.89. The summed E-state index contributed by atoms with van der Waals surface area (Å²) in [4.78, 5) is 2.66. The van der Waals surface area contributed by atoms with Gasteiger partial charge >= 0.3 is 0 Å². The molecule has 0 spiro atoms. The van der Waals surface area contributed by atoms with Crippen LogP contribution in [-0.4, -0.2) is 0 Å². The monoisotopic (exact) mass is 683 g/mol. The van der Waals surface area contributed by atoms with Gasteiger partial charge in [0.15, 0.2) is 0 Å². The van der Waals surface area contributed by atoms with Gasteiger partial charge in [0.1, 0.15) is 0 Å². The van der Waals surface area contributed by atoms with Crippen LogP contribution < -0.4 is 4.90 Å². The molecule has 0 aliphatic heterocycles. The largest absolute Gasteiger partial charge is 0.309 e. The highest BCUT2D eigenvalue weighted by Crippen LogP contribution is 2.61. The molecule has 1 heterocycles. The van der Waals surface area contributed by atoms with Gasteiger partial charge in [-0.05, 0) is 85.3 Å². The van der Waals surface area contributed by atoms with Crippen LogP contribution in [0.3, 0.4) is 0 Å². The number of rotatable bonds is 3. The van der Waals surface area contributed by atoms with Crippen molar-refractivity contribution in [3.63, 3.8) is 0 Å². The van der Waals surface area contributed by atoms with Gasteiger partial charge in [-0.2, -0.15) is 0 Å². The Bertz CT molecular complexity index is 2830. The lowest BCUT2D eigenvalue weighted by Crippen LogP contribution is -2.18. The third-order valence-electron chi connectivity index (χ3n) is 12.1. The van der Waals surface area contributed by atoms with Crippen molar-refractivity contribution in [1.29, 1.82) is 0 Å². The predicted molar refractivity (Wildman–Crippen MR) is 224 cm³/mol. The standard InChI is InChI=1S/C50H37NS/c1-49(2)37-23-12-9-20-34(37)45-40(28-30-16-5-7-18-32(30)47(45)49)51(39-25-15-27-43-44(39)36-22-11-14-26-42(36)52-43)41-29-31-17-6-8-19-33(31)48-46(41)35-21-10-13-24-38(35)50(48,3)4/h5-29H,1-4H3. The van der Waals surface area contributed by atoms with Crippen molar-refractivity contribution in [3.8, 4) is 22.3 Å². The van der Waals surface area contributed by atoms with Gasteiger partial charge in [-0.15, -0.1) is 11.3 Å². The number of hydrogen-bond donors (Lipinski definition) is 0. The number of anilines is 3. The predicted octanol–water partition coefficient (Wildman–Crippen LogP) is 14.4. The second-order valence-corrected chi connectivity index (χ2v) is 16.7. The van der Waals surface area contributed by atoms with E-state index < -0.39 is 0 Å². The molecule has 1 aromatic heterocycles. The van der Waals surface area contributed by atoms with E-state index in [4.69, 9.17) is 0 Å². The Hall–Kier alpha value is -5.70. The third-order valence-corrected chi connectivity index (χ3v) is 13.3. The Balaban J connectivity index is 1.38. The second-order valence-electron chi connectivity index (χ2n) is 15.7. The molecule has 248 valence electrons. The average Bonchev–Trinajstić information content (AvgIpc) is 3.76. The van der Waals surface area contributed by atoms with Crippen LogP contribution in [0.1, 0.15) is 49.9 Å². The molecule has 0 N–H and O–H groups in total. The summed E-state index contributed by atoms with van der Waals surface area (Å²) in [5, 5.41) is 7.81. The van der Waals surface area contributed by atoms with Gasteiger partial charge < -0.3 is 4.90 Å². The Morgan fingerprint density at radius 3 is 1.46 bits per heavy atom. The summed E-state index contributed by atoms with van der Waals surface area (Å²) < 4.78 is 2.62. The Kier molecular flexibility index (Phi) is 6.02. The van der Waals surface area contributed by atoms with E-state index in [1.807, 2.05) is 11.3 Å². The van der Waals surface area contributed by atoms with E-state index in [-0.39, 0.29) is 10.8 Å². The van der Waals surface area contributed by atoms with Gasteiger partial charge in [-0.3, -0.25) is 0 Å². The van der Waals surface area contributed by atoms with E-state index in [9.17, 15) is 0 Å². The average molecular weight is 684 g/mol. The van der Waals surface area contributed by atoms with Crippen molar-refractivity contribution in [1.82, 2.24) is 0 Å². The first-order valence-corrected chi connectivity index (χ1v) is 19.2. The first kappa shape index (κ1) is 30.0. The molecule has 0 bridgehead atoms. The normalized spacial score (nSPS) is 14.8. The Labute approximate surface area is 308 Å². The number of nitrogens with zero attached hydrogens (tertiary/aromatic N) is 1. The molecule has 2 aliphatic carbocycles. The highest BCUT2D eigenvalue weighted by Gasteiger charge is 2.43. The quantitative estimate of drug-likeness (QED) is 0.179. The highest BCUT2D eigenvalue weighted by molar-refractivity contribution is 7.26. The zero-order valence-electron chi connectivity index (χ0n) is 29.8. The summed E-state index contributed by atoms with van der Waals surface area (Å²) in [6.45, 7) is 9.66. The molecule has 11 rings (SSSR count). The molecule has 1 nitrogen and oxygen atoms in total. The second kappa shape index (κ2) is 10.4. The number of fused-ring (bicyclic) bond motifs is 13. The topological polar surface area (TPSA) is 3.24 Å². The van der Waals surface area contributed by atoms with Crippen LogP contribution in [0.5, 0.6) is 0 Å². The van der Waals surface area contributed by atoms with Gasteiger partial charge in [0.25, 0.3) is 0 Å². The summed E-state index contributed by atoms with van der Waals surface area (Å²) in [6.07, 6.45) is 0. The van der Waals surface area contributed by atoms with E-state index in [1.165, 1.54) is 103 Å². The molecule has 9 aromatic rings. The minimum atomic E-state index is -0.172. The van der Waals surface area contributed by atoms with Crippen molar-refractivity contribution in [2.45, 2.75) is 38.5 Å². The fraction of sp³-hybridized carbons (Fsp3) is 0.120. The van der Waals surface area contributed by atoms with Crippen LogP contribution in [0.25, 0.3) is 64.0 Å².